The van der Waals surface area contributed by atoms with Gasteiger partial charge in [-0.3, -0.25) is 0 Å². The van der Waals surface area contributed by atoms with Crippen LogP contribution in [-0.4, -0.2) is 22.0 Å². The molecule has 4 nitrogen and oxygen atoms in total. The van der Waals surface area contributed by atoms with E-state index < -0.39 is 29.5 Å². The third-order valence-corrected chi connectivity index (χ3v) is 4.96. The summed E-state index contributed by atoms with van der Waals surface area (Å²) in [6.45, 7) is 3.90. The Morgan fingerprint density at radius 2 is 1.59 bits per heavy atom. The second-order valence-corrected chi connectivity index (χ2v) is 7.50. The van der Waals surface area contributed by atoms with E-state index in [-0.39, 0.29) is 25.3 Å². The van der Waals surface area contributed by atoms with Crippen LogP contribution in [0.3, 0.4) is 0 Å². The summed E-state index contributed by atoms with van der Waals surface area (Å²) in [7, 11) is 0. The number of rotatable bonds is 7. The fourth-order valence-electron chi connectivity index (χ4n) is 3.34. The topological polar surface area (TPSA) is 37.3 Å². The maximum absolute atomic E-state index is 13.0. The Bertz CT molecular complexity index is 1150. The predicted octanol–water partition coefficient (Wildman–Crippen LogP) is 6.79. The molecule has 2 aromatic carbocycles. The molecule has 180 valence electrons. The van der Waals surface area contributed by atoms with Crippen molar-refractivity contribution in [3.05, 3.63) is 102 Å². The largest absolute Gasteiger partial charge is 0.416 e. The molecule has 34 heavy (non-hydrogen) atoms. The number of carbonyl (C=O) groups is 1. The Morgan fingerprint density at radius 1 is 0.941 bits per heavy atom. The highest BCUT2D eigenvalue weighted by molar-refractivity contribution is 5.89. The first-order valence-corrected chi connectivity index (χ1v) is 10.1. The highest BCUT2D eigenvalue weighted by atomic mass is 19.4. The Labute approximate surface area is 192 Å². The molecule has 0 atom stereocenters. The fourth-order valence-corrected chi connectivity index (χ4v) is 3.34. The number of hydrogen-bond donors (Lipinski definition) is 1. The van der Waals surface area contributed by atoms with E-state index in [9.17, 15) is 31.1 Å². The zero-order valence-electron chi connectivity index (χ0n) is 17.8. The minimum absolute atomic E-state index is 0.0202. The van der Waals surface area contributed by atoms with E-state index in [0.29, 0.717) is 11.3 Å². The summed E-state index contributed by atoms with van der Waals surface area (Å²) in [5.74, 6) is 0. The molecule has 0 unspecified atom stereocenters. The monoisotopic (exact) mass is 481 g/mol. The summed E-state index contributed by atoms with van der Waals surface area (Å²) < 4.78 is 79.6. The third-order valence-electron chi connectivity index (χ3n) is 4.96. The Balaban J connectivity index is 1.75. The first kappa shape index (κ1) is 24.9. The first-order valence-electron chi connectivity index (χ1n) is 10.1. The average Bonchev–Trinajstić information content (AvgIpc) is 3.19. The second-order valence-electron chi connectivity index (χ2n) is 7.50. The third kappa shape index (κ3) is 6.43. The molecule has 0 spiro atoms. The van der Waals surface area contributed by atoms with Gasteiger partial charge in [-0.25, -0.2) is 4.79 Å². The van der Waals surface area contributed by atoms with Gasteiger partial charge in [0.2, 0.25) is 0 Å². The molecule has 1 N–H and O–H groups in total. The van der Waals surface area contributed by atoms with Crippen molar-refractivity contribution in [2.75, 3.05) is 11.9 Å². The lowest BCUT2D eigenvalue weighted by Gasteiger charge is -2.23. The summed E-state index contributed by atoms with van der Waals surface area (Å²) in [5, 5.41) is 2.45. The predicted molar refractivity (Wildman–Crippen MR) is 116 cm³/mol. The zero-order valence-corrected chi connectivity index (χ0v) is 17.8. The smallest absolute Gasteiger partial charge is 0.345 e. The molecule has 3 rings (SSSR count). The quantitative estimate of drug-likeness (QED) is 0.293. The van der Waals surface area contributed by atoms with Gasteiger partial charge in [-0.1, -0.05) is 24.3 Å². The van der Waals surface area contributed by atoms with Crippen molar-refractivity contribution in [2.45, 2.75) is 25.4 Å². The first-order chi connectivity index (χ1) is 16.0. The molecule has 0 aliphatic heterocycles. The molecule has 0 saturated heterocycles. The van der Waals surface area contributed by atoms with E-state index in [4.69, 9.17) is 0 Å². The van der Waals surface area contributed by atoms with Gasteiger partial charge in [0.1, 0.15) is 0 Å². The number of amides is 2. The number of anilines is 1. The minimum Gasteiger partial charge on any atom is -0.345 e. The lowest BCUT2D eigenvalue weighted by atomic mass is 10.1. The number of aromatic nitrogens is 1. The van der Waals surface area contributed by atoms with Gasteiger partial charge in [0.15, 0.2) is 0 Å². The van der Waals surface area contributed by atoms with Crippen molar-refractivity contribution < 1.29 is 31.1 Å². The number of urea groups is 1. The van der Waals surface area contributed by atoms with Crippen molar-refractivity contribution in [3.63, 3.8) is 0 Å². The molecule has 2 amide bonds. The van der Waals surface area contributed by atoms with Gasteiger partial charge in [0.25, 0.3) is 0 Å². The van der Waals surface area contributed by atoms with Gasteiger partial charge in [0.05, 0.1) is 17.7 Å². The molecule has 1 heterocycles. The molecule has 3 aromatic rings. The van der Waals surface area contributed by atoms with Crippen LogP contribution in [0.2, 0.25) is 0 Å². The molecular formula is C24H21F6N3O. The highest BCUT2D eigenvalue weighted by Crippen LogP contribution is 2.31. The molecule has 0 fully saturated rings. The van der Waals surface area contributed by atoms with E-state index in [0.717, 1.165) is 24.3 Å². The minimum atomic E-state index is -4.55. The van der Waals surface area contributed by atoms with Crippen molar-refractivity contribution in [3.8, 4) is 0 Å². The summed E-state index contributed by atoms with van der Waals surface area (Å²) >= 11 is 0. The average molecular weight is 481 g/mol. The number of nitrogens with one attached hydrogen (secondary N) is 1. The van der Waals surface area contributed by atoms with Crippen LogP contribution in [0.4, 0.5) is 36.8 Å². The second kappa shape index (κ2) is 10.1. The Kier molecular flexibility index (Phi) is 7.38. The van der Waals surface area contributed by atoms with Crippen LogP contribution >= 0.6 is 0 Å². The number of halogens is 6. The summed E-state index contributed by atoms with van der Waals surface area (Å²) in [6.07, 6.45) is -5.87. The van der Waals surface area contributed by atoms with Crippen LogP contribution in [0, 0.1) is 0 Å². The molecule has 0 saturated carbocycles. The highest BCUT2D eigenvalue weighted by Gasteiger charge is 2.31. The van der Waals surface area contributed by atoms with Crippen LogP contribution in [-0.2, 0) is 25.4 Å². The van der Waals surface area contributed by atoms with Gasteiger partial charge < -0.3 is 14.8 Å². The summed E-state index contributed by atoms with van der Waals surface area (Å²) in [6, 6.07) is 12.0. The lowest BCUT2D eigenvalue weighted by molar-refractivity contribution is -0.138. The summed E-state index contributed by atoms with van der Waals surface area (Å²) in [5.41, 5.74) is -0.620. The molecule has 0 bridgehead atoms. The fraction of sp³-hybridized carbons (Fsp3) is 0.208. The number of carbonyl (C=O) groups excluding carboxylic acids is 1. The maximum atomic E-state index is 13.0. The van der Waals surface area contributed by atoms with Crippen molar-refractivity contribution in [1.29, 1.82) is 0 Å². The van der Waals surface area contributed by atoms with Crippen LogP contribution < -0.4 is 5.32 Å². The number of benzene rings is 2. The molecule has 0 aliphatic rings. The van der Waals surface area contributed by atoms with Crippen LogP contribution in [0.5, 0.6) is 0 Å². The van der Waals surface area contributed by atoms with Crippen molar-refractivity contribution in [1.82, 2.24) is 9.47 Å². The van der Waals surface area contributed by atoms with E-state index >= 15 is 0 Å². The van der Waals surface area contributed by atoms with Gasteiger partial charge >= 0.3 is 18.4 Å². The SMILES string of the molecule is C=CCN(Cc1cccn1Cc1cccc(C(F)(F)F)c1)C(=O)Nc1cccc(C(F)(F)F)c1. The van der Waals surface area contributed by atoms with Crippen LogP contribution in [0.25, 0.3) is 0 Å². The van der Waals surface area contributed by atoms with Gasteiger partial charge in [0, 0.05) is 30.7 Å². The Hall–Kier alpha value is -3.69. The van der Waals surface area contributed by atoms with Gasteiger partial charge in [-0.15, -0.1) is 6.58 Å². The molecular weight excluding hydrogens is 460 g/mol. The molecule has 0 radical (unpaired) electrons. The van der Waals surface area contributed by atoms with E-state index in [1.54, 1.807) is 29.0 Å². The Morgan fingerprint density at radius 3 is 2.24 bits per heavy atom. The molecule has 10 heteroatoms. The molecule has 0 aliphatic carbocycles. The van der Waals surface area contributed by atoms with E-state index in [1.165, 1.54) is 29.2 Å². The molecule has 1 aromatic heterocycles. The standard InChI is InChI=1S/C24H21F6N3O/c1-2-11-33(22(34)31-20-9-4-8-19(14-20)24(28,29)30)16-21-10-5-12-32(21)15-17-6-3-7-18(13-17)23(25,26)27/h2-10,12-14H,1,11,15-16H2,(H,31,34). The number of alkyl halides is 6. The van der Waals surface area contributed by atoms with Gasteiger partial charge in [-0.2, -0.15) is 26.3 Å². The normalized spacial score (nSPS) is 11.8. The van der Waals surface area contributed by atoms with Crippen LogP contribution in [0.15, 0.2) is 79.5 Å². The maximum Gasteiger partial charge on any atom is 0.416 e. The number of nitrogens with zero attached hydrogens (tertiary/aromatic N) is 2. The van der Waals surface area contributed by atoms with Gasteiger partial charge in [-0.05, 0) is 48.0 Å². The van der Waals surface area contributed by atoms with Crippen molar-refractivity contribution >= 4 is 11.7 Å². The van der Waals surface area contributed by atoms with E-state index in [2.05, 4.69) is 11.9 Å². The lowest BCUT2D eigenvalue weighted by Crippen LogP contribution is -2.35. The summed E-state index contributed by atoms with van der Waals surface area (Å²) in [4.78, 5) is 14.1. The zero-order chi connectivity index (χ0) is 24.9. The number of hydrogen-bond acceptors (Lipinski definition) is 1. The van der Waals surface area contributed by atoms with Crippen LogP contribution in [0.1, 0.15) is 22.4 Å². The van der Waals surface area contributed by atoms with E-state index in [1.807, 2.05) is 0 Å². The van der Waals surface area contributed by atoms with Crippen molar-refractivity contribution in [2.24, 2.45) is 0 Å².